The van der Waals surface area contributed by atoms with Crippen LogP contribution in [0, 0.1) is 5.92 Å². The Kier molecular flexibility index (Phi) is 6.95. The number of H-pyrrole nitrogens is 2. The van der Waals surface area contributed by atoms with Gasteiger partial charge in [0.2, 0.25) is 5.91 Å². The molecule has 0 saturated heterocycles. The monoisotopic (exact) mass is 422 g/mol. The van der Waals surface area contributed by atoms with Crippen LogP contribution >= 0.6 is 12.4 Å². The first-order chi connectivity index (χ1) is 13.5. The Labute approximate surface area is 176 Å². The molecule has 2 fully saturated rings. The second-order valence-corrected chi connectivity index (χ2v) is 8.58. The molecule has 4 rings (SSSR count). The van der Waals surface area contributed by atoms with Crippen LogP contribution in [0.15, 0.2) is 4.79 Å². The van der Waals surface area contributed by atoms with Crippen molar-refractivity contribution in [1.29, 1.82) is 0 Å². The molecule has 1 amide bonds. The number of carbonyl (C=O) groups excluding carboxylic acids is 1. The average Bonchev–Trinajstić information content (AvgIpc) is 3.38. The van der Waals surface area contributed by atoms with Crippen molar-refractivity contribution in [3.8, 4) is 0 Å². The second-order valence-electron chi connectivity index (χ2n) is 8.58. The first kappa shape index (κ1) is 21.8. The smallest absolute Gasteiger partial charge is 0.279 e. The van der Waals surface area contributed by atoms with E-state index < -0.39 is 0 Å². The maximum absolute atomic E-state index is 12.4. The number of aromatic nitrogens is 4. The SMILES string of the molecule is CC(C)c1[nH]nc2c(=O)[nH]c(C[C@@H]3CCCC[C@H]3NC(=O)CNC3CC3)nc12.Cl. The molecular weight excluding hydrogens is 392 g/mol. The fourth-order valence-corrected chi connectivity index (χ4v) is 4.15. The Bertz CT molecular complexity index is 904. The third-order valence-corrected chi connectivity index (χ3v) is 5.90. The number of hydrogen-bond acceptors (Lipinski definition) is 5. The summed E-state index contributed by atoms with van der Waals surface area (Å²) in [6.07, 6.45) is 7.29. The van der Waals surface area contributed by atoms with Gasteiger partial charge in [0, 0.05) is 18.5 Å². The lowest BCUT2D eigenvalue weighted by Gasteiger charge is -2.32. The second kappa shape index (κ2) is 9.26. The summed E-state index contributed by atoms with van der Waals surface area (Å²) >= 11 is 0. The van der Waals surface area contributed by atoms with Gasteiger partial charge < -0.3 is 15.6 Å². The van der Waals surface area contributed by atoms with Gasteiger partial charge in [0.1, 0.15) is 11.3 Å². The van der Waals surface area contributed by atoms with Crippen LogP contribution in [0.4, 0.5) is 0 Å². The fourth-order valence-electron chi connectivity index (χ4n) is 4.15. The van der Waals surface area contributed by atoms with E-state index in [1.165, 1.54) is 12.8 Å². The van der Waals surface area contributed by atoms with Crippen molar-refractivity contribution >= 4 is 29.3 Å². The van der Waals surface area contributed by atoms with Crippen molar-refractivity contribution < 1.29 is 4.79 Å². The fraction of sp³-hybridized carbons (Fsp3) is 0.700. The van der Waals surface area contributed by atoms with Gasteiger partial charge in [-0.3, -0.25) is 14.7 Å². The molecular formula is C20H31ClN6O2. The third-order valence-electron chi connectivity index (χ3n) is 5.90. The Morgan fingerprint density at radius 1 is 1.17 bits per heavy atom. The minimum absolute atomic E-state index is 0. The van der Waals surface area contributed by atoms with Crippen molar-refractivity contribution in [3.63, 3.8) is 0 Å². The molecule has 2 atom stereocenters. The van der Waals surface area contributed by atoms with E-state index in [-0.39, 0.29) is 41.8 Å². The molecule has 2 heterocycles. The van der Waals surface area contributed by atoms with E-state index in [2.05, 4.69) is 39.7 Å². The van der Waals surface area contributed by atoms with E-state index in [0.29, 0.717) is 35.9 Å². The van der Waals surface area contributed by atoms with E-state index in [4.69, 9.17) is 4.98 Å². The number of nitrogens with zero attached hydrogens (tertiary/aromatic N) is 2. The molecule has 2 aliphatic rings. The highest BCUT2D eigenvalue weighted by atomic mass is 35.5. The van der Waals surface area contributed by atoms with Crippen molar-refractivity contribution in [2.45, 2.75) is 76.8 Å². The minimum atomic E-state index is -0.201. The van der Waals surface area contributed by atoms with Crippen LogP contribution in [0.3, 0.4) is 0 Å². The summed E-state index contributed by atoms with van der Waals surface area (Å²) in [5, 5.41) is 13.6. The highest BCUT2D eigenvalue weighted by Gasteiger charge is 2.28. The molecule has 2 saturated carbocycles. The highest BCUT2D eigenvalue weighted by molar-refractivity contribution is 5.85. The zero-order valence-electron chi connectivity index (χ0n) is 17.1. The molecule has 2 aliphatic carbocycles. The molecule has 0 bridgehead atoms. The molecule has 2 aromatic rings. The molecule has 4 N–H and O–H groups in total. The number of fused-ring (bicyclic) bond motifs is 1. The van der Waals surface area contributed by atoms with E-state index in [1.54, 1.807) is 0 Å². The molecule has 0 aliphatic heterocycles. The molecule has 0 aromatic carbocycles. The molecule has 8 nitrogen and oxygen atoms in total. The summed E-state index contributed by atoms with van der Waals surface area (Å²) in [7, 11) is 0. The summed E-state index contributed by atoms with van der Waals surface area (Å²) in [6, 6.07) is 0.663. The summed E-state index contributed by atoms with van der Waals surface area (Å²) < 4.78 is 0. The number of hydrogen-bond donors (Lipinski definition) is 4. The number of rotatable bonds is 7. The molecule has 0 spiro atoms. The van der Waals surface area contributed by atoms with Crippen LogP contribution in [0.5, 0.6) is 0 Å². The summed E-state index contributed by atoms with van der Waals surface area (Å²) in [6.45, 7) is 4.50. The first-order valence-electron chi connectivity index (χ1n) is 10.5. The number of nitrogens with one attached hydrogen (secondary N) is 4. The van der Waals surface area contributed by atoms with E-state index in [1.807, 2.05) is 0 Å². The number of halogens is 1. The predicted molar refractivity (Wildman–Crippen MR) is 114 cm³/mol. The Balaban J connectivity index is 0.00000240. The largest absolute Gasteiger partial charge is 0.352 e. The molecule has 2 aromatic heterocycles. The Morgan fingerprint density at radius 3 is 2.66 bits per heavy atom. The average molecular weight is 423 g/mol. The maximum Gasteiger partial charge on any atom is 0.279 e. The summed E-state index contributed by atoms with van der Waals surface area (Å²) in [5.41, 5.74) is 1.72. The van der Waals surface area contributed by atoms with Gasteiger partial charge in [0.25, 0.3) is 5.56 Å². The van der Waals surface area contributed by atoms with Crippen molar-refractivity contribution in [1.82, 2.24) is 30.8 Å². The topological polar surface area (TPSA) is 116 Å². The van der Waals surface area contributed by atoms with E-state index >= 15 is 0 Å². The van der Waals surface area contributed by atoms with Crippen LogP contribution in [-0.4, -0.2) is 44.7 Å². The summed E-state index contributed by atoms with van der Waals surface area (Å²) in [5.74, 6) is 1.25. The Morgan fingerprint density at radius 2 is 1.93 bits per heavy atom. The van der Waals surface area contributed by atoms with Gasteiger partial charge in [0.15, 0.2) is 5.52 Å². The minimum Gasteiger partial charge on any atom is -0.352 e. The van der Waals surface area contributed by atoms with Crippen molar-refractivity contribution in [2.24, 2.45) is 5.92 Å². The van der Waals surface area contributed by atoms with Crippen LogP contribution in [0.1, 0.15) is 69.8 Å². The number of carbonyl (C=O) groups is 1. The zero-order chi connectivity index (χ0) is 19.7. The van der Waals surface area contributed by atoms with Crippen LogP contribution in [0.25, 0.3) is 11.0 Å². The van der Waals surface area contributed by atoms with E-state index in [0.717, 1.165) is 31.4 Å². The van der Waals surface area contributed by atoms with Crippen LogP contribution in [0.2, 0.25) is 0 Å². The lowest BCUT2D eigenvalue weighted by atomic mass is 9.82. The van der Waals surface area contributed by atoms with Gasteiger partial charge in [-0.2, -0.15) is 5.10 Å². The first-order valence-corrected chi connectivity index (χ1v) is 10.5. The summed E-state index contributed by atoms with van der Waals surface area (Å²) in [4.78, 5) is 32.3. The number of amides is 1. The molecule has 160 valence electrons. The number of aromatic amines is 2. The molecule has 9 heteroatoms. The highest BCUT2D eigenvalue weighted by Crippen LogP contribution is 2.27. The third kappa shape index (κ3) is 5.17. The van der Waals surface area contributed by atoms with Gasteiger partial charge in [-0.1, -0.05) is 26.7 Å². The van der Waals surface area contributed by atoms with Gasteiger partial charge in [-0.25, -0.2) is 4.98 Å². The lowest BCUT2D eigenvalue weighted by molar-refractivity contribution is -0.121. The maximum atomic E-state index is 12.4. The normalized spacial score (nSPS) is 21.9. The van der Waals surface area contributed by atoms with Gasteiger partial charge in [0.05, 0.1) is 12.2 Å². The van der Waals surface area contributed by atoms with Crippen LogP contribution in [-0.2, 0) is 11.2 Å². The van der Waals surface area contributed by atoms with Crippen molar-refractivity contribution in [3.05, 3.63) is 21.9 Å². The Hall–Kier alpha value is -1.93. The van der Waals surface area contributed by atoms with Gasteiger partial charge in [-0.15, -0.1) is 12.4 Å². The molecule has 29 heavy (non-hydrogen) atoms. The molecule has 0 unspecified atom stereocenters. The quantitative estimate of drug-likeness (QED) is 0.545. The predicted octanol–water partition coefficient (Wildman–Crippen LogP) is 2.16. The van der Waals surface area contributed by atoms with Crippen LogP contribution < -0.4 is 16.2 Å². The standard InChI is InChI=1S/C20H30N6O2.ClH/c1-11(2)17-18-19(26-25-17)20(28)24-15(23-18)9-12-5-3-4-6-14(12)22-16(27)10-21-13-7-8-13;/h11-14,21H,3-10H2,1-2H3,(H,22,27)(H,25,26)(H,23,24,28);1H/t12-,14+;/m0./s1. The zero-order valence-corrected chi connectivity index (χ0v) is 17.9. The molecule has 0 radical (unpaired) electrons. The lowest BCUT2D eigenvalue weighted by Crippen LogP contribution is -2.46. The van der Waals surface area contributed by atoms with Crippen molar-refractivity contribution in [2.75, 3.05) is 6.54 Å². The van der Waals surface area contributed by atoms with Gasteiger partial charge >= 0.3 is 0 Å². The van der Waals surface area contributed by atoms with Gasteiger partial charge in [-0.05, 0) is 37.5 Å². The van der Waals surface area contributed by atoms with E-state index in [9.17, 15) is 9.59 Å².